The highest BCUT2D eigenvalue weighted by Gasteiger charge is 2.17. The van der Waals surface area contributed by atoms with Gasteiger partial charge in [-0.1, -0.05) is 23.7 Å². The number of pyridine rings is 1. The molecule has 1 heterocycles. The maximum Gasteiger partial charge on any atom is 0.242 e. The molecule has 9 heteroatoms. The third kappa shape index (κ3) is 4.91. The van der Waals surface area contributed by atoms with Crippen molar-refractivity contribution >= 4 is 33.2 Å². The van der Waals surface area contributed by atoms with E-state index in [1.807, 2.05) is 0 Å². The second-order valence-corrected chi connectivity index (χ2v) is 8.13. The second-order valence-electron chi connectivity index (χ2n) is 5.60. The minimum Gasteiger partial charge on any atom is -0.381 e. The first kappa shape index (κ1) is 19.2. The number of primary amides is 1. The average Bonchev–Trinajstić information content (AvgIpc) is 2.54. The van der Waals surface area contributed by atoms with Gasteiger partial charge < -0.3 is 11.1 Å². The number of nitrogens with two attached hydrogens (primary N) is 1. The van der Waals surface area contributed by atoms with E-state index in [-0.39, 0.29) is 16.5 Å². The fourth-order valence-corrected chi connectivity index (χ4v) is 3.31. The number of hydrogen-bond acceptors (Lipinski definition) is 5. The summed E-state index contributed by atoms with van der Waals surface area (Å²) in [7, 11) is -0.537. The number of hydrogen-bond donors (Lipinski definition) is 2. The standard InChI is InChI=1S/C16H19ClN4O3S/c1-21(2)25(23,24)13-5-3-4-11(6-13)9-19-14-8-15(17)20-10-12(14)7-16(18)22/h3-6,8,10H,7,9H2,1-2H3,(H2,18,22)(H,19,20). The van der Waals surface area contributed by atoms with E-state index >= 15 is 0 Å². The molecule has 0 radical (unpaired) electrons. The van der Waals surface area contributed by atoms with Crippen LogP contribution in [0.15, 0.2) is 41.4 Å². The predicted molar refractivity (Wildman–Crippen MR) is 96.8 cm³/mol. The minimum absolute atomic E-state index is 0.0293. The van der Waals surface area contributed by atoms with Gasteiger partial charge in [0.15, 0.2) is 0 Å². The molecule has 1 aromatic carbocycles. The Labute approximate surface area is 151 Å². The predicted octanol–water partition coefficient (Wildman–Crippen LogP) is 1.63. The molecule has 1 amide bonds. The van der Waals surface area contributed by atoms with E-state index in [2.05, 4.69) is 10.3 Å². The number of halogens is 1. The van der Waals surface area contributed by atoms with Gasteiger partial charge in [0.2, 0.25) is 15.9 Å². The Hall–Kier alpha value is -2.16. The van der Waals surface area contributed by atoms with Crippen LogP contribution in [0.4, 0.5) is 5.69 Å². The Morgan fingerprint density at radius 2 is 2.04 bits per heavy atom. The summed E-state index contributed by atoms with van der Waals surface area (Å²) in [4.78, 5) is 15.3. The van der Waals surface area contributed by atoms with Crippen molar-refractivity contribution in [2.24, 2.45) is 5.73 Å². The molecule has 0 saturated heterocycles. The van der Waals surface area contributed by atoms with Crippen LogP contribution in [0.5, 0.6) is 0 Å². The quantitative estimate of drug-likeness (QED) is 0.708. The molecule has 0 aliphatic heterocycles. The maximum atomic E-state index is 12.2. The van der Waals surface area contributed by atoms with Gasteiger partial charge in [0.25, 0.3) is 0 Å². The molecular weight excluding hydrogens is 364 g/mol. The van der Waals surface area contributed by atoms with Crippen LogP contribution in [0, 0.1) is 0 Å². The molecule has 134 valence electrons. The van der Waals surface area contributed by atoms with Gasteiger partial charge in [-0.25, -0.2) is 17.7 Å². The van der Waals surface area contributed by atoms with E-state index in [0.717, 1.165) is 9.87 Å². The van der Waals surface area contributed by atoms with Crippen LogP contribution in [0.1, 0.15) is 11.1 Å². The smallest absolute Gasteiger partial charge is 0.242 e. The van der Waals surface area contributed by atoms with Crippen LogP contribution < -0.4 is 11.1 Å². The largest absolute Gasteiger partial charge is 0.381 e. The lowest BCUT2D eigenvalue weighted by molar-refractivity contribution is -0.117. The van der Waals surface area contributed by atoms with Crippen molar-refractivity contribution < 1.29 is 13.2 Å². The Balaban J connectivity index is 2.23. The molecule has 3 N–H and O–H groups in total. The zero-order valence-corrected chi connectivity index (χ0v) is 15.4. The number of carbonyl (C=O) groups excluding carboxylic acids is 1. The third-order valence-corrected chi connectivity index (χ3v) is 5.50. The van der Waals surface area contributed by atoms with Crippen molar-refractivity contribution in [3.8, 4) is 0 Å². The number of amides is 1. The van der Waals surface area contributed by atoms with Gasteiger partial charge in [0.05, 0.1) is 11.3 Å². The molecule has 0 saturated carbocycles. The van der Waals surface area contributed by atoms with Gasteiger partial charge in [0.1, 0.15) is 5.15 Å². The van der Waals surface area contributed by atoms with Crippen LogP contribution in [0.2, 0.25) is 5.15 Å². The SMILES string of the molecule is CN(C)S(=O)(=O)c1cccc(CNc2cc(Cl)ncc2CC(N)=O)c1. The van der Waals surface area contributed by atoms with Gasteiger partial charge in [-0.2, -0.15) is 0 Å². The normalized spacial score (nSPS) is 11.5. The summed E-state index contributed by atoms with van der Waals surface area (Å²) in [6.45, 7) is 0.350. The van der Waals surface area contributed by atoms with Crippen LogP contribution in [0.25, 0.3) is 0 Å². The number of carbonyl (C=O) groups is 1. The van der Waals surface area contributed by atoms with Crippen LogP contribution in [-0.2, 0) is 27.8 Å². The first-order valence-electron chi connectivity index (χ1n) is 7.38. The second kappa shape index (κ2) is 7.81. The molecule has 0 unspecified atom stereocenters. The fraction of sp³-hybridized carbons (Fsp3) is 0.250. The van der Waals surface area contributed by atoms with Crippen molar-refractivity contribution in [2.45, 2.75) is 17.9 Å². The van der Waals surface area contributed by atoms with Crippen molar-refractivity contribution in [2.75, 3.05) is 19.4 Å². The molecular formula is C16H19ClN4O3S. The molecule has 0 bridgehead atoms. The number of rotatable bonds is 7. The van der Waals surface area contributed by atoms with Gasteiger partial charge in [0, 0.05) is 38.1 Å². The zero-order chi connectivity index (χ0) is 18.6. The van der Waals surface area contributed by atoms with E-state index in [4.69, 9.17) is 17.3 Å². The lowest BCUT2D eigenvalue weighted by Gasteiger charge is -2.14. The highest BCUT2D eigenvalue weighted by molar-refractivity contribution is 7.89. The van der Waals surface area contributed by atoms with E-state index in [9.17, 15) is 13.2 Å². The summed E-state index contributed by atoms with van der Waals surface area (Å²) in [5.74, 6) is -0.480. The summed E-state index contributed by atoms with van der Waals surface area (Å²) in [5.41, 5.74) is 7.24. The van der Waals surface area contributed by atoms with E-state index in [1.54, 1.807) is 30.3 Å². The highest BCUT2D eigenvalue weighted by atomic mass is 35.5. The monoisotopic (exact) mass is 382 g/mol. The molecule has 0 fully saturated rings. The number of aromatic nitrogens is 1. The summed E-state index contributed by atoms with van der Waals surface area (Å²) < 4.78 is 25.6. The molecule has 25 heavy (non-hydrogen) atoms. The molecule has 0 atom stereocenters. The first-order valence-corrected chi connectivity index (χ1v) is 9.20. The number of sulfonamides is 1. The number of benzene rings is 1. The van der Waals surface area contributed by atoms with Gasteiger partial charge in [-0.3, -0.25) is 4.79 Å². The number of anilines is 1. The Morgan fingerprint density at radius 3 is 2.68 bits per heavy atom. The van der Waals surface area contributed by atoms with Gasteiger partial charge in [-0.15, -0.1) is 0 Å². The van der Waals surface area contributed by atoms with Gasteiger partial charge in [-0.05, 0) is 23.8 Å². The molecule has 7 nitrogen and oxygen atoms in total. The fourth-order valence-electron chi connectivity index (χ4n) is 2.18. The van der Waals surface area contributed by atoms with E-state index in [0.29, 0.717) is 17.8 Å². The van der Waals surface area contributed by atoms with Crippen molar-refractivity contribution in [3.63, 3.8) is 0 Å². The average molecular weight is 383 g/mol. The van der Waals surface area contributed by atoms with Crippen LogP contribution >= 0.6 is 11.6 Å². The van der Waals surface area contributed by atoms with E-state index < -0.39 is 15.9 Å². The van der Waals surface area contributed by atoms with E-state index in [1.165, 1.54) is 20.3 Å². The molecule has 2 aromatic rings. The molecule has 2 rings (SSSR count). The Morgan fingerprint density at radius 1 is 1.32 bits per heavy atom. The molecule has 0 aliphatic carbocycles. The Bertz CT molecular complexity index is 885. The van der Waals surface area contributed by atoms with Crippen LogP contribution in [-0.4, -0.2) is 37.7 Å². The highest BCUT2D eigenvalue weighted by Crippen LogP contribution is 2.21. The molecule has 0 aliphatic rings. The van der Waals surface area contributed by atoms with Gasteiger partial charge >= 0.3 is 0 Å². The third-order valence-electron chi connectivity index (χ3n) is 3.48. The summed E-state index contributed by atoms with van der Waals surface area (Å²) in [6, 6.07) is 8.22. The zero-order valence-electron chi connectivity index (χ0n) is 13.9. The molecule has 1 aromatic heterocycles. The van der Waals surface area contributed by atoms with Crippen molar-refractivity contribution in [1.29, 1.82) is 0 Å². The van der Waals surface area contributed by atoms with Crippen molar-refractivity contribution in [1.82, 2.24) is 9.29 Å². The Kier molecular flexibility index (Phi) is 5.99. The minimum atomic E-state index is -3.50. The first-order chi connectivity index (χ1) is 11.7. The maximum absolute atomic E-state index is 12.2. The summed E-state index contributed by atoms with van der Waals surface area (Å²) >= 11 is 5.90. The topological polar surface area (TPSA) is 105 Å². The number of nitrogens with one attached hydrogen (secondary N) is 1. The lowest BCUT2D eigenvalue weighted by Crippen LogP contribution is -2.22. The summed E-state index contributed by atoms with van der Waals surface area (Å²) in [5, 5.41) is 3.42. The van der Waals surface area contributed by atoms with Crippen LogP contribution in [0.3, 0.4) is 0 Å². The lowest BCUT2D eigenvalue weighted by atomic mass is 10.1. The number of nitrogens with zero attached hydrogens (tertiary/aromatic N) is 2. The molecule has 0 spiro atoms. The summed E-state index contributed by atoms with van der Waals surface area (Å²) in [6.07, 6.45) is 1.52. The van der Waals surface area contributed by atoms with Crippen molar-refractivity contribution in [3.05, 3.63) is 52.8 Å².